The molecule has 0 aromatic carbocycles. The van der Waals surface area contributed by atoms with Crippen molar-refractivity contribution in [1.82, 2.24) is 0 Å². The molecule has 0 rings (SSSR count). The van der Waals surface area contributed by atoms with Gasteiger partial charge in [0.05, 0.1) is 6.61 Å². The first-order valence-corrected chi connectivity index (χ1v) is 9.57. The first-order chi connectivity index (χ1) is 10.9. The summed E-state index contributed by atoms with van der Waals surface area (Å²) in [4.78, 5) is 18.3. The molecule has 131 valence electrons. The molecule has 0 aliphatic carbocycles. The van der Waals surface area contributed by atoms with E-state index in [4.69, 9.17) is 0 Å². The van der Waals surface area contributed by atoms with Crippen LogP contribution in [0.5, 0.6) is 0 Å². The molecule has 0 saturated carbocycles. The Bertz CT molecular complexity index is 207. The Hall–Kier alpha value is -0.570. The van der Waals surface area contributed by atoms with E-state index < -0.39 is 0 Å². The number of carbonyl (C=O) groups excluding carboxylic acids is 1. The van der Waals surface area contributed by atoms with Crippen LogP contribution in [-0.4, -0.2) is 13.1 Å². The maximum absolute atomic E-state index is 9.70. The number of rotatable bonds is 19. The third-order valence-electron chi connectivity index (χ3n) is 4.17. The number of unbranched alkanes of at least 4 members (excludes halogenated alkanes) is 15. The Morgan fingerprint density at radius 2 is 0.955 bits per heavy atom. The molecule has 0 bridgehead atoms. The van der Waals surface area contributed by atoms with Crippen molar-refractivity contribution in [1.29, 1.82) is 0 Å². The lowest BCUT2D eigenvalue weighted by molar-refractivity contribution is -0.222. The molecule has 0 spiro atoms. The molecule has 0 N–H and O–H groups in total. The highest BCUT2D eigenvalue weighted by Gasteiger charge is 1.95. The van der Waals surface area contributed by atoms with Crippen molar-refractivity contribution in [2.75, 3.05) is 6.61 Å². The molecule has 0 heterocycles. The average Bonchev–Trinajstić information content (AvgIpc) is 2.54. The van der Waals surface area contributed by atoms with Gasteiger partial charge in [-0.2, -0.15) is 4.89 Å². The van der Waals surface area contributed by atoms with Gasteiger partial charge >= 0.3 is 6.47 Å². The lowest BCUT2D eigenvalue weighted by Crippen LogP contribution is -1.94. The normalized spacial score (nSPS) is 10.8. The van der Waals surface area contributed by atoms with Crippen molar-refractivity contribution >= 4 is 6.47 Å². The van der Waals surface area contributed by atoms with E-state index in [-0.39, 0.29) is 0 Å². The van der Waals surface area contributed by atoms with Gasteiger partial charge in [0.15, 0.2) is 0 Å². The largest absolute Gasteiger partial charge is 0.453 e. The first kappa shape index (κ1) is 21.4. The third kappa shape index (κ3) is 19.4. The van der Waals surface area contributed by atoms with E-state index in [9.17, 15) is 4.79 Å². The lowest BCUT2D eigenvalue weighted by Gasteiger charge is -2.03. The Kier molecular flexibility index (Phi) is 19.9. The second-order valence-electron chi connectivity index (χ2n) is 6.29. The first-order valence-electron chi connectivity index (χ1n) is 9.57. The lowest BCUT2D eigenvalue weighted by atomic mass is 10.0. The maximum Gasteiger partial charge on any atom is 0.453 e. The van der Waals surface area contributed by atoms with E-state index >= 15 is 0 Å². The summed E-state index contributed by atoms with van der Waals surface area (Å²) in [7, 11) is 0. The Balaban J connectivity index is 2.92. The molecular formula is C19H37O3. The molecule has 22 heavy (non-hydrogen) atoms. The number of hydrogen-bond donors (Lipinski definition) is 0. The Labute approximate surface area is 138 Å². The minimum Gasteiger partial charge on any atom is -0.285 e. The molecule has 0 aliphatic rings. The van der Waals surface area contributed by atoms with E-state index in [1.54, 1.807) is 0 Å². The van der Waals surface area contributed by atoms with Crippen LogP contribution >= 0.6 is 0 Å². The van der Waals surface area contributed by atoms with Crippen LogP contribution in [0.2, 0.25) is 0 Å². The average molecular weight is 314 g/mol. The van der Waals surface area contributed by atoms with Gasteiger partial charge in [-0.3, -0.25) is 4.89 Å². The highest BCUT2D eigenvalue weighted by atomic mass is 17.2. The molecule has 0 fully saturated rings. The van der Waals surface area contributed by atoms with Crippen molar-refractivity contribution in [3.05, 3.63) is 0 Å². The topological polar surface area (TPSA) is 35.5 Å². The summed E-state index contributed by atoms with van der Waals surface area (Å²) < 4.78 is 0. The molecule has 0 saturated heterocycles. The van der Waals surface area contributed by atoms with E-state index in [2.05, 4.69) is 16.7 Å². The smallest absolute Gasteiger partial charge is 0.285 e. The minimum atomic E-state index is 0.494. The summed E-state index contributed by atoms with van der Waals surface area (Å²) in [5, 5.41) is 0. The van der Waals surface area contributed by atoms with Crippen LogP contribution in [-0.2, 0) is 14.6 Å². The SMILES string of the molecule is CCCCCCCCCCCCCCCCCCOO[C]=O. The second kappa shape index (κ2) is 20.4. The summed E-state index contributed by atoms with van der Waals surface area (Å²) in [5.41, 5.74) is 0. The second-order valence-corrected chi connectivity index (χ2v) is 6.29. The fourth-order valence-corrected chi connectivity index (χ4v) is 2.77. The van der Waals surface area contributed by atoms with E-state index in [0.29, 0.717) is 6.61 Å². The van der Waals surface area contributed by atoms with Gasteiger partial charge in [-0.1, -0.05) is 103 Å². The summed E-state index contributed by atoms with van der Waals surface area (Å²) in [6.07, 6.45) is 21.6. The molecule has 0 unspecified atom stereocenters. The van der Waals surface area contributed by atoms with Crippen LogP contribution < -0.4 is 0 Å². The van der Waals surface area contributed by atoms with Gasteiger partial charge in [0.25, 0.3) is 0 Å². The van der Waals surface area contributed by atoms with E-state index in [0.717, 1.165) is 12.8 Å². The van der Waals surface area contributed by atoms with Crippen molar-refractivity contribution < 1.29 is 14.6 Å². The fourth-order valence-electron chi connectivity index (χ4n) is 2.77. The predicted octanol–water partition coefficient (Wildman–Crippen LogP) is 6.26. The molecule has 0 aliphatic heterocycles. The summed E-state index contributed by atoms with van der Waals surface area (Å²) in [6, 6.07) is 0. The van der Waals surface area contributed by atoms with Crippen molar-refractivity contribution in [2.24, 2.45) is 0 Å². The van der Waals surface area contributed by atoms with Gasteiger partial charge in [-0.15, -0.1) is 0 Å². The third-order valence-corrected chi connectivity index (χ3v) is 4.17. The fraction of sp³-hybridized carbons (Fsp3) is 0.947. The van der Waals surface area contributed by atoms with Gasteiger partial charge in [0, 0.05) is 0 Å². The predicted molar refractivity (Wildman–Crippen MR) is 92.3 cm³/mol. The molecule has 0 aromatic rings. The molecular weight excluding hydrogens is 276 g/mol. The summed E-state index contributed by atoms with van der Waals surface area (Å²) in [5.74, 6) is 0. The Morgan fingerprint density at radius 1 is 0.591 bits per heavy atom. The van der Waals surface area contributed by atoms with E-state index in [1.165, 1.54) is 96.4 Å². The zero-order valence-corrected chi connectivity index (χ0v) is 14.7. The standard InChI is InChI=1S/C19H37O3/c1-2-3-4-5-6-7-8-9-10-11-12-13-14-15-16-17-18-21-22-19-20/h2-18H2,1H3. The van der Waals surface area contributed by atoms with Gasteiger partial charge in [-0.05, 0) is 6.42 Å². The van der Waals surface area contributed by atoms with Gasteiger partial charge in [0.2, 0.25) is 0 Å². The quantitative estimate of drug-likeness (QED) is 0.160. The number of hydrogen-bond acceptors (Lipinski definition) is 3. The molecule has 0 amide bonds. The molecule has 1 radical (unpaired) electrons. The molecule has 3 heteroatoms. The monoisotopic (exact) mass is 313 g/mol. The zero-order chi connectivity index (χ0) is 16.1. The van der Waals surface area contributed by atoms with Crippen LogP contribution in [0.1, 0.15) is 110 Å². The molecule has 0 aromatic heterocycles. The molecule has 0 atom stereocenters. The minimum absolute atomic E-state index is 0.494. The van der Waals surface area contributed by atoms with Gasteiger partial charge < -0.3 is 0 Å². The van der Waals surface area contributed by atoms with Gasteiger partial charge in [0.1, 0.15) is 0 Å². The highest BCUT2D eigenvalue weighted by molar-refractivity contribution is 5.36. The Morgan fingerprint density at radius 3 is 1.32 bits per heavy atom. The van der Waals surface area contributed by atoms with Crippen LogP contribution in [0.4, 0.5) is 0 Å². The van der Waals surface area contributed by atoms with Crippen LogP contribution in [0, 0.1) is 0 Å². The summed E-state index contributed by atoms with van der Waals surface area (Å²) in [6.45, 7) is 4.02. The van der Waals surface area contributed by atoms with Gasteiger partial charge in [-0.25, -0.2) is 4.79 Å². The van der Waals surface area contributed by atoms with Crippen molar-refractivity contribution in [2.45, 2.75) is 110 Å². The zero-order valence-electron chi connectivity index (χ0n) is 14.7. The van der Waals surface area contributed by atoms with Crippen LogP contribution in [0.25, 0.3) is 0 Å². The molecule has 3 nitrogen and oxygen atoms in total. The van der Waals surface area contributed by atoms with Crippen LogP contribution in [0.15, 0.2) is 0 Å². The van der Waals surface area contributed by atoms with Crippen LogP contribution in [0.3, 0.4) is 0 Å². The van der Waals surface area contributed by atoms with Crippen molar-refractivity contribution in [3.8, 4) is 0 Å². The highest BCUT2D eigenvalue weighted by Crippen LogP contribution is 2.13. The van der Waals surface area contributed by atoms with Crippen molar-refractivity contribution in [3.63, 3.8) is 0 Å². The van der Waals surface area contributed by atoms with E-state index in [1.807, 2.05) is 0 Å². The maximum atomic E-state index is 9.70. The summed E-state index contributed by atoms with van der Waals surface area (Å²) >= 11 is 0.